The number of nitrogens with two attached hydrogens (primary N) is 1. The average molecular weight is 236 g/mol. The maximum Gasteiger partial charge on any atom is 0.219 e. The van der Waals surface area contributed by atoms with Gasteiger partial charge in [-0.3, -0.25) is 4.79 Å². The summed E-state index contributed by atoms with van der Waals surface area (Å²) < 4.78 is 5.65. The summed E-state index contributed by atoms with van der Waals surface area (Å²) in [6.45, 7) is 1.16. The minimum Gasteiger partial charge on any atom is -0.493 e. The van der Waals surface area contributed by atoms with Crippen LogP contribution in [0.4, 0.5) is 0 Å². The quantitative estimate of drug-likeness (QED) is 0.697. The molecule has 0 heterocycles. The van der Waals surface area contributed by atoms with Gasteiger partial charge in [0.05, 0.1) is 6.61 Å². The van der Waals surface area contributed by atoms with Crippen molar-refractivity contribution in [1.29, 1.82) is 0 Å². The van der Waals surface area contributed by atoms with Crippen LogP contribution in [0.1, 0.15) is 18.4 Å². The van der Waals surface area contributed by atoms with Gasteiger partial charge >= 0.3 is 0 Å². The second-order valence-corrected chi connectivity index (χ2v) is 3.77. The number of carbonyl (C=O) groups is 1. The third-order valence-electron chi connectivity index (χ3n) is 2.47. The summed E-state index contributed by atoms with van der Waals surface area (Å²) in [6.07, 6.45) is 2.03. The van der Waals surface area contributed by atoms with Crippen molar-refractivity contribution in [3.63, 3.8) is 0 Å². The molecule has 1 amide bonds. The Labute approximate surface area is 102 Å². The second kappa shape index (κ2) is 7.68. The van der Waals surface area contributed by atoms with E-state index in [4.69, 9.17) is 10.5 Å². The molecule has 0 aliphatic carbocycles. The minimum absolute atomic E-state index is 0.0452. The van der Waals surface area contributed by atoms with E-state index in [1.165, 1.54) is 0 Å². The molecule has 0 aliphatic rings. The summed E-state index contributed by atoms with van der Waals surface area (Å²) in [5.74, 6) is 0.915. The lowest BCUT2D eigenvalue weighted by Gasteiger charge is -2.10. The Kier molecular flexibility index (Phi) is 6.10. The Morgan fingerprint density at radius 3 is 2.88 bits per heavy atom. The van der Waals surface area contributed by atoms with Crippen LogP contribution in [-0.4, -0.2) is 26.1 Å². The highest BCUT2D eigenvalue weighted by Gasteiger charge is 2.02. The monoisotopic (exact) mass is 236 g/mol. The van der Waals surface area contributed by atoms with Crippen LogP contribution in [0, 0.1) is 0 Å². The van der Waals surface area contributed by atoms with Crippen LogP contribution in [0.5, 0.6) is 5.75 Å². The van der Waals surface area contributed by atoms with Gasteiger partial charge in [0.15, 0.2) is 0 Å². The van der Waals surface area contributed by atoms with Crippen LogP contribution in [0.25, 0.3) is 0 Å². The highest BCUT2D eigenvalue weighted by molar-refractivity contribution is 5.75. The second-order valence-electron chi connectivity index (χ2n) is 3.77. The fourth-order valence-electron chi connectivity index (χ4n) is 1.55. The molecule has 0 atom stereocenters. The average Bonchev–Trinajstić information content (AvgIpc) is 2.36. The lowest BCUT2D eigenvalue weighted by molar-refractivity contribution is -0.120. The van der Waals surface area contributed by atoms with Gasteiger partial charge in [0.25, 0.3) is 0 Å². The van der Waals surface area contributed by atoms with Crippen molar-refractivity contribution >= 4 is 5.91 Å². The van der Waals surface area contributed by atoms with E-state index < -0.39 is 0 Å². The molecule has 0 saturated heterocycles. The first kappa shape index (κ1) is 13.5. The molecule has 0 unspecified atom stereocenters. The predicted octanol–water partition coefficient (Wildman–Crippen LogP) is 1.09. The molecule has 1 aromatic rings. The van der Waals surface area contributed by atoms with Gasteiger partial charge in [-0.05, 0) is 31.0 Å². The fraction of sp³-hybridized carbons (Fsp3) is 0.462. The number of hydrogen-bond donors (Lipinski definition) is 2. The Hall–Kier alpha value is -1.55. The Morgan fingerprint density at radius 2 is 2.18 bits per heavy atom. The Balaban J connectivity index is 2.38. The van der Waals surface area contributed by atoms with E-state index in [1.54, 1.807) is 7.05 Å². The number of ether oxygens (including phenoxy) is 1. The summed E-state index contributed by atoms with van der Waals surface area (Å²) in [5.41, 5.74) is 6.65. The summed E-state index contributed by atoms with van der Waals surface area (Å²) in [4.78, 5) is 11.0. The lowest BCUT2D eigenvalue weighted by Crippen LogP contribution is -2.18. The van der Waals surface area contributed by atoms with Crippen LogP contribution in [0.3, 0.4) is 0 Å². The molecule has 4 nitrogen and oxygen atoms in total. The standard InChI is InChI=1S/C13H20N2O2/c1-15-13(16)7-4-10-17-12-6-3-2-5-11(12)8-9-14/h2-3,5-6H,4,7-10,14H2,1H3,(H,15,16). The van der Waals surface area contributed by atoms with Crippen LogP contribution < -0.4 is 15.8 Å². The smallest absolute Gasteiger partial charge is 0.219 e. The highest BCUT2D eigenvalue weighted by Crippen LogP contribution is 2.18. The van der Waals surface area contributed by atoms with E-state index in [0.29, 0.717) is 19.6 Å². The molecular formula is C13H20N2O2. The van der Waals surface area contributed by atoms with Crippen molar-refractivity contribution < 1.29 is 9.53 Å². The third-order valence-corrected chi connectivity index (χ3v) is 2.47. The van der Waals surface area contributed by atoms with Crippen molar-refractivity contribution in [3.05, 3.63) is 29.8 Å². The molecule has 17 heavy (non-hydrogen) atoms. The van der Waals surface area contributed by atoms with Crippen molar-refractivity contribution in [2.45, 2.75) is 19.3 Å². The van der Waals surface area contributed by atoms with Crippen LogP contribution in [0.2, 0.25) is 0 Å². The minimum atomic E-state index is 0.0452. The third kappa shape index (κ3) is 4.87. The summed E-state index contributed by atoms with van der Waals surface area (Å²) in [6, 6.07) is 7.86. The van der Waals surface area contributed by atoms with Crippen molar-refractivity contribution in [3.8, 4) is 5.75 Å². The molecular weight excluding hydrogens is 216 g/mol. The van der Waals surface area contributed by atoms with Crippen LogP contribution in [0.15, 0.2) is 24.3 Å². The number of amides is 1. The normalized spacial score (nSPS) is 10.0. The maximum atomic E-state index is 11.0. The first-order valence-electron chi connectivity index (χ1n) is 5.89. The van der Waals surface area contributed by atoms with Crippen molar-refractivity contribution in [2.75, 3.05) is 20.2 Å². The van der Waals surface area contributed by atoms with E-state index >= 15 is 0 Å². The van der Waals surface area contributed by atoms with E-state index in [1.807, 2.05) is 24.3 Å². The lowest BCUT2D eigenvalue weighted by atomic mass is 10.1. The van der Waals surface area contributed by atoms with Gasteiger partial charge in [-0.1, -0.05) is 18.2 Å². The first-order valence-corrected chi connectivity index (χ1v) is 5.89. The molecule has 1 rings (SSSR count). The number of para-hydroxylation sites is 1. The molecule has 1 aromatic carbocycles. The molecule has 0 saturated carbocycles. The SMILES string of the molecule is CNC(=O)CCCOc1ccccc1CCN. The van der Waals surface area contributed by atoms with Gasteiger partial charge in [0.1, 0.15) is 5.75 Å². The summed E-state index contributed by atoms with van der Waals surface area (Å²) >= 11 is 0. The van der Waals surface area contributed by atoms with Crippen LogP contribution in [-0.2, 0) is 11.2 Å². The summed E-state index contributed by atoms with van der Waals surface area (Å²) in [7, 11) is 1.64. The Bertz CT molecular complexity index is 353. The molecule has 0 fully saturated rings. The van der Waals surface area contributed by atoms with E-state index in [2.05, 4.69) is 5.32 Å². The predicted molar refractivity (Wildman–Crippen MR) is 68.0 cm³/mol. The highest BCUT2D eigenvalue weighted by atomic mass is 16.5. The number of rotatable bonds is 7. The van der Waals surface area contributed by atoms with E-state index in [0.717, 1.165) is 24.2 Å². The molecule has 0 spiro atoms. The number of nitrogens with one attached hydrogen (secondary N) is 1. The molecule has 94 valence electrons. The maximum absolute atomic E-state index is 11.0. The van der Waals surface area contributed by atoms with E-state index in [-0.39, 0.29) is 5.91 Å². The largest absolute Gasteiger partial charge is 0.493 e. The summed E-state index contributed by atoms with van der Waals surface area (Å²) in [5, 5.41) is 2.58. The molecule has 0 radical (unpaired) electrons. The van der Waals surface area contributed by atoms with Gasteiger partial charge < -0.3 is 15.8 Å². The Morgan fingerprint density at radius 1 is 1.41 bits per heavy atom. The van der Waals surface area contributed by atoms with Crippen molar-refractivity contribution in [2.24, 2.45) is 5.73 Å². The molecule has 0 bridgehead atoms. The zero-order valence-electron chi connectivity index (χ0n) is 10.2. The zero-order chi connectivity index (χ0) is 12.5. The zero-order valence-corrected chi connectivity index (χ0v) is 10.2. The van der Waals surface area contributed by atoms with Gasteiger partial charge in [-0.15, -0.1) is 0 Å². The van der Waals surface area contributed by atoms with Crippen LogP contribution >= 0.6 is 0 Å². The molecule has 3 N–H and O–H groups in total. The molecule has 0 aromatic heterocycles. The topological polar surface area (TPSA) is 64.3 Å². The number of benzene rings is 1. The van der Waals surface area contributed by atoms with Crippen molar-refractivity contribution in [1.82, 2.24) is 5.32 Å². The van der Waals surface area contributed by atoms with Gasteiger partial charge in [0, 0.05) is 13.5 Å². The van der Waals surface area contributed by atoms with E-state index in [9.17, 15) is 4.79 Å². The number of hydrogen-bond acceptors (Lipinski definition) is 3. The van der Waals surface area contributed by atoms with Gasteiger partial charge in [-0.2, -0.15) is 0 Å². The first-order chi connectivity index (χ1) is 8.27. The number of carbonyl (C=O) groups excluding carboxylic acids is 1. The van der Waals surface area contributed by atoms with Gasteiger partial charge in [0.2, 0.25) is 5.91 Å². The fourth-order valence-corrected chi connectivity index (χ4v) is 1.55. The van der Waals surface area contributed by atoms with Gasteiger partial charge in [-0.25, -0.2) is 0 Å². The molecule has 0 aliphatic heterocycles. The molecule has 4 heteroatoms.